The first kappa shape index (κ1) is 13.4. The Labute approximate surface area is 107 Å². The number of rotatable bonds is 3. The standard InChI is InChI=1S/C14H22O4/c15-13(16)11-5-1-3-9(7-11)10-4-2-6-12(8-10)14(17)18/h9-12H,1-8H2,(H,15,16)(H,17,18)/t9?,10?,11-,12?/m0/s1. The molecular formula is C14H22O4. The highest BCUT2D eigenvalue weighted by Crippen LogP contribution is 2.42. The van der Waals surface area contributed by atoms with Gasteiger partial charge in [-0.3, -0.25) is 9.59 Å². The lowest BCUT2D eigenvalue weighted by molar-refractivity contribution is -0.146. The van der Waals surface area contributed by atoms with Crippen molar-refractivity contribution >= 4 is 11.9 Å². The summed E-state index contributed by atoms with van der Waals surface area (Å²) in [5.41, 5.74) is 0. The zero-order valence-electron chi connectivity index (χ0n) is 10.7. The molecule has 0 aromatic carbocycles. The first-order valence-electron chi connectivity index (χ1n) is 7.03. The summed E-state index contributed by atoms with van der Waals surface area (Å²) in [6, 6.07) is 0. The maximum atomic E-state index is 11.1. The highest BCUT2D eigenvalue weighted by atomic mass is 16.4. The van der Waals surface area contributed by atoms with Crippen molar-refractivity contribution in [2.75, 3.05) is 0 Å². The predicted molar refractivity (Wildman–Crippen MR) is 66.2 cm³/mol. The minimum atomic E-state index is -0.676. The first-order chi connectivity index (χ1) is 8.58. The van der Waals surface area contributed by atoms with E-state index in [0.29, 0.717) is 11.8 Å². The van der Waals surface area contributed by atoms with Crippen LogP contribution in [0.15, 0.2) is 0 Å². The van der Waals surface area contributed by atoms with Crippen LogP contribution in [-0.4, -0.2) is 22.2 Å². The van der Waals surface area contributed by atoms with Gasteiger partial charge >= 0.3 is 11.9 Å². The molecule has 0 heterocycles. The molecule has 0 spiro atoms. The molecular weight excluding hydrogens is 232 g/mol. The van der Waals surface area contributed by atoms with E-state index in [1.165, 1.54) is 0 Å². The molecule has 0 aliphatic heterocycles. The molecule has 2 N–H and O–H groups in total. The van der Waals surface area contributed by atoms with Crippen molar-refractivity contribution in [2.24, 2.45) is 23.7 Å². The minimum absolute atomic E-state index is 0.200. The van der Waals surface area contributed by atoms with Gasteiger partial charge in [-0.2, -0.15) is 0 Å². The van der Waals surface area contributed by atoms with Crippen molar-refractivity contribution < 1.29 is 19.8 Å². The van der Waals surface area contributed by atoms with Gasteiger partial charge in [0, 0.05) is 0 Å². The number of aliphatic carboxylic acids is 2. The molecule has 0 radical (unpaired) electrons. The molecule has 2 aliphatic carbocycles. The number of hydrogen-bond acceptors (Lipinski definition) is 2. The van der Waals surface area contributed by atoms with E-state index in [1.807, 2.05) is 0 Å². The lowest BCUT2D eigenvalue weighted by Gasteiger charge is -2.37. The van der Waals surface area contributed by atoms with Crippen LogP contribution in [0.5, 0.6) is 0 Å². The molecule has 0 saturated heterocycles. The molecule has 2 rings (SSSR count). The van der Waals surface area contributed by atoms with Crippen molar-refractivity contribution in [1.82, 2.24) is 0 Å². The van der Waals surface area contributed by atoms with Crippen LogP contribution in [-0.2, 0) is 9.59 Å². The van der Waals surface area contributed by atoms with Crippen LogP contribution in [0.4, 0.5) is 0 Å². The molecule has 0 bridgehead atoms. The average Bonchev–Trinajstić information content (AvgIpc) is 2.39. The zero-order valence-corrected chi connectivity index (χ0v) is 10.7. The summed E-state index contributed by atoms with van der Waals surface area (Å²) in [7, 11) is 0. The van der Waals surface area contributed by atoms with Crippen LogP contribution in [0.1, 0.15) is 51.4 Å². The van der Waals surface area contributed by atoms with E-state index in [0.717, 1.165) is 51.4 Å². The van der Waals surface area contributed by atoms with E-state index >= 15 is 0 Å². The Morgan fingerprint density at radius 1 is 0.722 bits per heavy atom. The van der Waals surface area contributed by atoms with Crippen molar-refractivity contribution in [2.45, 2.75) is 51.4 Å². The Hall–Kier alpha value is -1.06. The number of carboxylic acid groups (broad SMARTS) is 2. The molecule has 2 saturated carbocycles. The second-order valence-corrected chi connectivity index (χ2v) is 5.92. The van der Waals surface area contributed by atoms with Gasteiger partial charge in [0.05, 0.1) is 11.8 Å². The topological polar surface area (TPSA) is 74.6 Å². The van der Waals surface area contributed by atoms with Gasteiger partial charge in [-0.05, 0) is 37.5 Å². The lowest BCUT2D eigenvalue weighted by Crippen LogP contribution is -2.31. The van der Waals surface area contributed by atoms with Crippen LogP contribution in [0.2, 0.25) is 0 Å². The molecule has 4 nitrogen and oxygen atoms in total. The van der Waals surface area contributed by atoms with E-state index in [4.69, 9.17) is 10.2 Å². The van der Waals surface area contributed by atoms with Crippen molar-refractivity contribution in [3.8, 4) is 0 Å². The Morgan fingerprint density at radius 2 is 1.11 bits per heavy atom. The number of hydrogen-bond donors (Lipinski definition) is 2. The average molecular weight is 254 g/mol. The molecule has 0 aromatic rings. The SMILES string of the molecule is O=C(O)C1CCCC(C2CCC[C@H](C(=O)O)C2)C1. The van der Waals surface area contributed by atoms with Gasteiger partial charge < -0.3 is 10.2 Å². The summed E-state index contributed by atoms with van der Waals surface area (Å²) in [6.45, 7) is 0. The van der Waals surface area contributed by atoms with Crippen LogP contribution in [0.25, 0.3) is 0 Å². The highest BCUT2D eigenvalue weighted by molar-refractivity contribution is 5.70. The quantitative estimate of drug-likeness (QED) is 0.812. The Morgan fingerprint density at radius 3 is 1.44 bits per heavy atom. The second kappa shape index (κ2) is 5.72. The summed E-state index contributed by atoms with van der Waals surface area (Å²) in [5, 5.41) is 18.2. The largest absolute Gasteiger partial charge is 0.481 e. The minimum Gasteiger partial charge on any atom is -0.481 e. The smallest absolute Gasteiger partial charge is 0.306 e. The Kier molecular flexibility index (Phi) is 4.25. The Balaban J connectivity index is 1.94. The summed E-state index contributed by atoms with van der Waals surface area (Å²) < 4.78 is 0. The van der Waals surface area contributed by atoms with Crippen molar-refractivity contribution in [3.05, 3.63) is 0 Å². The summed E-state index contributed by atoms with van der Waals surface area (Å²) in [6.07, 6.45) is 7.23. The fraction of sp³-hybridized carbons (Fsp3) is 0.857. The van der Waals surface area contributed by atoms with Gasteiger partial charge in [0.1, 0.15) is 0 Å². The van der Waals surface area contributed by atoms with E-state index in [9.17, 15) is 9.59 Å². The molecule has 2 aliphatic rings. The second-order valence-electron chi connectivity index (χ2n) is 5.92. The maximum Gasteiger partial charge on any atom is 0.306 e. The highest BCUT2D eigenvalue weighted by Gasteiger charge is 2.35. The van der Waals surface area contributed by atoms with Gasteiger partial charge in [-0.1, -0.05) is 25.7 Å². The summed E-state index contributed by atoms with van der Waals surface area (Å²) in [5.74, 6) is -0.887. The van der Waals surface area contributed by atoms with Gasteiger partial charge in [0.25, 0.3) is 0 Å². The normalized spacial score (nSPS) is 37.1. The summed E-state index contributed by atoms with van der Waals surface area (Å²) in [4.78, 5) is 22.1. The fourth-order valence-electron chi connectivity index (χ4n) is 3.76. The van der Waals surface area contributed by atoms with Gasteiger partial charge in [0.2, 0.25) is 0 Å². The predicted octanol–water partition coefficient (Wildman–Crippen LogP) is 2.77. The van der Waals surface area contributed by atoms with Crippen molar-refractivity contribution in [1.29, 1.82) is 0 Å². The van der Waals surface area contributed by atoms with Gasteiger partial charge in [-0.15, -0.1) is 0 Å². The van der Waals surface area contributed by atoms with Gasteiger partial charge in [0.15, 0.2) is 0 Å². The molecule has 3 unspecified atom stereocenters. The van der Waals surface area contributed by atoms with Crippen molar-refractivity contribution in [3.63, 3.8) is 0 Å². The fourth-order valence-corrected chi connectivity index (χ4v) is 3.76. The van der Waals surface area contributed by atoms with Crippen LogP contribution in [0, 0.1) is 23.7 Å². The van der Waals surface area contributed by atoms with Crippen LogP contribution >= 0.6 is 0 Å². The first-order valence-corrected chi connectivity index (χ1v) is 7.03. The number of carboxylic acids is 2. The van der Waals surface area contributed by atoms with E-state index in [1.54, 1.807) is 0 Å². The molecule has 2 fully saturated rings. The zero-order chi connectivity index (χ0) is 13.1. The summed E-state index contributed by atoms with van der Waals surface area (Å²) >= 11 is 0. The van der Waals surface area contributed by atoms with Crippen LogP contribution in [0.3, 0.4) is 0 Å². The molecule has 0 aromatic heterocycles. The van der Waals surface area contributed by atoms with Crippen LogP contribution < -0.4 is 0 Å². The number of carbonyl (C=O) groups is 2. The molecule has 18 heavy (non-hydrogen) atoms. The third-order valence-electron chi connectivity index (χ3n) is 4.79. The third-order valence-corrected chi connectivity index (χ3v) is 4.79. The third kappa shape index (κ3) is 3.03. The monoisotopic (exact) mass is 254 g/mol. The molecule has 0 amide bonds. The van der Waals surface area contributed by atoms with Gasteiger partial charge in [-0.25, -0.2) is 0 Å². The lowest BCUT2D eigenvalue weighted by atomic mass is 9.68. The molecule has 4 atom stereocenters. The molecule has 102 valence electrons. The molecule has 4 heteroatoms. The maximum absolute atomic E-state index is 11.1. The van der Waals surface area contributed by atoms with E-state index in [2.05, 4.69) is 0 Å². The Bertz CT molecular complexity index is 294. The van der Waals surface area contributed by atoms with E-state index in [-0.39, 0.29) is 11.8 Å². The van der Waals surface area contributed by atoms with E-state index < -0.39 is 11.9 Å².